The molecule has 2 aromatic rings. The molecule has 1 fully saturated rings. The summed E-state index contributed by atoms with van der Waals surface area (Å²) in [4.78, 5) is 12.4. The third-order valence-corrected chi connectivity index (χ3v) is 8.66. The Labute approximate surface area is 189 Å². The zero-order chi connectivity index (χ0) is 21.7. The maximum absolute atomic E-state index is 12.9. The second kappa shape index (κ2) is 10.3. The molecule has 1 aromatic carbocycles. The van der Waals surface area contributed by atoms with Crippen LogP contribution < -0.4 is 10.6 Å². The highest BCUT2D eigenvalue weighted by Crippen LogP contribution is 2.30. The normalized spacial score (nSPS) is 15.3. The standard InChI is InChI=1S/C18H24ClN5O3S3/c1-12(2)20-17-22-23-18(29-17)28-11-16(25)21-13-6-7-14(19)15(10-13)30(26,27)24-8-4-3-5-9-24/h6-7,10,12H,3-5,8-9,11H2,1-2H3,(H,20,22)(H,21,25). The van der Waals surface area contributed by atoms with Crippen LogP contribution in [-0.4, -0.2) is 53.7 Å². The van der Waals surface area contributed by atoms with Crippen LogP contribution in [0.25, 0.3) is 0 Å². The van der Waals surface area contributed by atoms with E-state index in [4.69, 9.17) is 11.6 Å². The van der Waals surface area contributed by atoms with Gasteiger partial charge in [-0.2, -0.15) is 4.31 Å². The van der Waals surface area contributed by atoms with Gasteiger partial charge in [0.25, 0.3) is 0 Å². The maximum atomic E-state index is 12.9. The van der Waals surface area contributed by atoms with E-state index in [0.717, 1.165) is 19.3 Å². The van der Waals surface area contributed by atoms with Crippen molar-refractivity contribution < 1.29 is 13.2 Å². The fraction of sp³-hybridized carbons (Fsp3) is 0.500. The maximum Gasteiger partial charge on any atom is 0.244 e. The number of aromatic nitrogens is 2. The Bertz CT molecular complexity index is 991. The Morgan fingerprint density at radius 3 is 2.70 bits per heavy atom. The molecule has 0 radical (unpaired) electrons. The lowest BCUT2D eigenvalue weighted by molar-refractivity contribution is -0.113. The lowest BCUT2D eigenvalue weighted by atomic mass is 10.2. The van der Waals surface area contributed by atoms with Gasteiger partial charge in [-0.1, -0.05) is 41.1 Å². The number of piperidine rings is 1. The number of carbonyl (C=O) groups excluding carboxylic acids is 1. The average molecular weight is 490 g/mol. The monoisotopic (exact) mass is 489 g/mol. The summed E-state index contributed by atoms with van der Waals surface area (Å²) in [6.07, 6.45) is 2.70. The van der Waals surface area contributed by atoms with E-state index in [9.17, 15) is 13.2 Å². The van der Waals surface area contributed by atoms with E-state index < -0.39 is 10.0 Å². The molecule has 12 heteroatoms. The number of sulfonamides is 1. The first-order valence-corrected chi connectivity index (χ1v) is 13.2. The summed E-state index contributed by atoms with van der Waals surface area (Å²) >= 11 is 8.83. The van der Waals surface area contributed by atoms with E-state index in [0.29, 0.717) is 28.2 Å². The Kier molecular flexibility index (Phi) is 7.97. The predicted octanol–water partition coefficient (Wildman–Crippen LogP) is 3.92. The number of halogens is 1. The molecule has 0 saturated carbocycles. The molecule has 2 N–H and O–H groups in total. The molecule has 1 saturated heterocycles. The Hall–Kier alpha value is -1.40. The van der Waals surface area contributed by atoms with Gasteiger partial charge in [0.2, 0.25) is 21.1 Å². The van der Waals surface area contributed by atoms with Crippen LogP contribution in [0.3, 0.4) is 0 Å². The molecule has 3 rings (SSSR count). The van der Waals surface area contributed by atoms with E-state index in [1.807, 2.05) is 13.8 Å². The summed E-state index contributed by atoms with van der Waals surface area (Å²) in [5.74, 6) is -0.134. The number of hydrogen-bond acceptors (Lipinski definition) is 8. The van der Waals surface area contributed by atoms with Crippen LogP contribution in [0.5, 0.6) is 0 Å². The molecule has 0 atom stereocenters. The van der Waals surface area contributed by atoms with Crippen LogP contribution in [0, 0.1) is 0 Å². The smallest absolute Gasteiger partial charge is 0.244 e. The third kappa shape index (κ3) is 6.07. The Morgan fingerprint density at radius 1 is 1.27 bits per heavy atom. The van der Waals surface area contributed by atoms with Gasteiger partial charge < -0.3 is 10.6 Å². The van der Waals surface area contributed by atoms with E-state index in [1.165, 1.54) is 39.5 Å². The number of rotatable bonds is 8. The van der Waals surface area contributed by atoms with E-state index in [1.54, 1.807) is 6.07 Å². The van der Waals surface area contributed by atoms with Gasteiger partial charge in [-0.3, -0.25) is 4.79 Å². The fourth-order valence-corrected chi connectivity index (χ4v) is 6.64. The van der Waals surface area contributed by atoms with Crippen molar-refractivity contribution >= 4 is 61.4 Å². The molecule has 164 valence electrons. The van der Waals surface area contributed by atoms with Gasteiger partial charge in [0.15, 0.2) is 4.34 Å². The molecular formula is C18H24ClN5O3S3. The zero-order valence-corrected chi connectivity index (χ0v) is 19.9. The van der Waals surface area contributed by atoms with Gasteiger partial charge in [0, 0.05) is 24.8 Å². The lowest BCUT2D eigenvalue weighted by Crippen LogP contribution is -2.35. The number of anilines is 2. The quantitative estimate of drug-likeness (QED) is 0.541. The van der Waals surface area contributed by atoms with E-state index in [2.05, 4.69) is 20.8 Å². The third-order valence-electron chi connectivity index (χ3n) is 4.29. The van der Waals surface area contributed by atoms with Crippen LogP contribution >= 0.6 is 34.7 Å². The highest BCUT2D eigenvalue weighted by molar-refractivity contribution is 8.01. The van der Waals surface area contributed by atoms with Crippen molar-refractivity contribution in [3.63, 3.8) is 0 Å². The summed E-state index contributed by atoms with van der Waals surface area (Å²) in [5, 5.41) is 14.8. The summed E-state index contributed by atoms with van der Waals surface area (Å²) in [6, 6.07) is 4.76. The molecule has 0 aliphatic carbocycles. The van der Waals surface area contributed by atoms with Crippen molar-refractivity contribution in [3.05, 3.63) is 23.2 Å². The molecule has 0 bridgehead atoms. The van der Waals surface area contributed by atoms with Crippen LogP contribution in [0.15, 0.2) is 27.4 Å². The van der Waals surface area contributed by atoms with Crippen molar-refractivity contribution in [2.45, 2.75) is 48.4 Å². The first-order valence-electron chi connectivity index (χ1n) is 9.58. The molecule has 0 spiro atoms. The molecule has 30 heavy (non-hydrogen) atoms. The predicted molar refractivity (Wildman–Crippen MR) is 122 cm³/mol. The van der Waals surface area contributed by atoms with Crippen LogP contribution in [0.4, 0.5) is 10.8 Å². The molecule has 1 amide bonds. The minimum Gasteiger partial charge on any atom is -0.358 e. The van der Waals surface area contributed by atoms with Gasteiger partial charge >= 0.3 is 0 Å². The first-order chi connectivity index (χ1) is 14.3. The molecular weight excluding hydrogens is 466 g/mol. The molecule has 1 aliphatic rings. The highest BCUT2D eigenvalue weighted by Gasteiger charge is 2.28. The van der Waals surface area contributed by atoms with Gasteiger partial charge in [-0.05, 0) is 44.9 Å². The minimum absolute atomic E-state index is 0.0186. The van der Waals surface area contributed by atoms with E-state index >= 15 is 0 Å². The van der Waals surface area contributed by atoms with Crippen molar-refractivity contribution in [2.24, 2.45) is 0 Å². The van der Waals surface area contributed by atoms with Crippen molar-refractivity contribution in [2.75, 3.05) is 29.5 Å². The number of benzene rings is 1. The van der Waals surface area contributed by atoms with Crippen molar-refractivity contribution in [1.29, 1.82) is 0 Å². The molecule has 2 heterocycles. The van der Waals surface area contributed by atoms with Gasteiger partial charge in [0.05, 0.1) is 10.8 Å². The van der Waals surface area contributed by atoms with Gasteiger partial charge in [-0.25, -0.2) is 8.42 Å². The van der Waals surface area contributed by atoms with Crippen LogP contribution in [0.1, 0.15) is 33.1 Å². The highest BCUT2D eigenvalue weighted by atomic mass is 35.5. The van der Waals surface area contributed by atoms with Gasteiger partial charge in [-0.15, -0.1) is 10.2 Å². The number of carbonyl (C=O) groups is 1. The first kappa shape index (κ1) is 23.3. The fourth-order valence-electron chi connectivity index (χ4n) is 2.92. The summed E-state index contributed by atoms with van der Waals surface area (Å²) in [6.45, 7) is 4.99. The number of nitrogens with zero attached hydrogens (tertiary/aromatic N) is 3. The van der Waals surface area contributed by atoms with E-state index in [-0.39, 0.29) is 27.6 Å². The zero-order valence-electron chi connectivity index (χ0n) is 16.7. The Morgan fingerprint density at radius 2 is 2.00 bits per heavy atom. The second-order valence-electron chi connectivity index (χ2n) is 7.12. The summed E-state index contributed by atoms with van der Waals surface area (Å²) in [5.41, 5.74) is 0.389. The summed E-state index contributed by atoms with van der Waals surface area (Å²) < 4.78 is 28.0. The Balaban J connectivity index is 1.63. The van der Waals surface area contributed by atoms with Crippen molar-refractivity contribution in [1.82, 2.24) is 14.5 Å². The number of amides is 1. The van der Waals surface area contributed by atoms with Crippen LogP contribution in [-0.2, 0) is 14.8 Å². The number of hydrogen-bond donors (Lipinski definition) is 2. The molecule has 8 nitrogen and oxygen atoms in total. The minimum atomic E-state index is -3.69. The number of nitrogens with one attached hydrogen (secondary N) is 2. The molecule has 0 unspecified atom stereocenters. The average Bonchev–Trinajstić information content (AvgIpc) is 3.15. The van der Waals surface area contributed by atoms with Gasteiger partial charge in [0.1, 0.15) is 4.90 Å². The molecule has 1 aliphatic heterocycles. The second-order valence-corrected chi connectivity index (χ2v) is 11.6. The molecule has 1 aromatic heterocycles. The largest absolute Gasteiger partial charge is 0.358 e. The lowest BCUT2D eigenvalue weighted by Gasteiger charge is -2.26. The van der Waals surface area contributed by atoms with Crippen LogP contribution in [0.2, 0.25) is 5.02 Å². The van der Waals surface area contributed by atoms with Crippen molar-refractivity contribution in [3.8, 4) is 0 Å². The summed E-state index contributed by atoms with van der Waals surface area (Å²) in [7, 11) is -3.69. The topological polar surface area (TPSA) is 104 Å². The SMILES string of the molecule is CC(C)Nc1nnc(SCC(=O)Nc2ccc(Cl)c(S(=O)(=O)N3CCCCC3)c2)s1. The number of thioether (sulfide) groups is 1.